The van der Waals surface area contributed by atoms with Gasteiger partial charge in [0.25, 0.3) is 0 Å². The number of ether oxygens (including phenoxy) is 1. The molecule has 8 nitrogen and oxygen atoms in total. The molecule has 2 aliphatic rings. The van der Waals surface area contributed by atoms with Gasteiger partial charge >= 0.3 is 0 Å². The van der Waals surface area contributed by atoms with Crippen LogP contribution in [0, 0.1) is 11.2 Å². The number of nitrogen functional groups attached to an aromatic ring is 1. The molecule has 1 atom stereocenters. The molecule has 2 aromatic rings. The zero-order valence-electron chi connectivity index (χ0n) is 18.9. The number of nitrogens with zero attached hydrogens (tertiary/aromatic N) is 2. The third kappa shape index (κ3) is 4.68. The molecule has 2 heterocycles. The predicted octanol–water partition coefficient (Wildman–Crippen LogP) is 3.10. The normalized spacial score (nSPS) is 22.5. The Bertz CT molecular complexity index is 1120. The van der Waals surface area contributed by atoms with Crippen molar-refractivity contribution in [3.05, 3.63) is 58.5 Å². The third-order valence-electron chi connectivity index (χ3n) is 6.16. The lowest BCUT2D eigenvalue weighted by Gasteiger charge is -2.31. The maximum atomic E-state index is 14.2. The van der Waals surface area contributed by atoms with Gasteiger partial charge in [0.15, 0.2) is 11.6 Å². The van der Waals surface area contributed by atoms with Crippen LogP contribution in [0.4, 0.5) is 10.2 Å². The lowest BCUT2D eigenvalue weighted by atomic mass is 9.90. The van der Waals surface area contributed by atoms with Crippen LogP contribution in [0.1, 0.15) is 55.4 Å². The standard InChI is InChI=1S/C24H30FN7O/c1-13-19-10-16(25)6-7-18(19)22(27)20(32-29-2)8-14(11-26)23(31-17-4-3-5-17)15-9-21(33-13)24(28)30-12-15/h6-7,9-10,12-13,17,27,29,31H,3-5,8,11,26H2,1-2H3,(H2,28,30)/b23-14-,27-22?,32-20-. The molecule has 9 heteroatoms. The number of pyridine rings is 1. The highest BCUT2D eigenvalue weighted by Crippen LogP contribution is 2.33. The molecule has 0 amide bonds. The number of hydrazone groups is 1. The number of nitrogens with two attached hydrogens (primary N) is 2. The fourth-order valence-electron chi connectivity index (χ4n) is 4.12. The van der Waals surface area contributed by atoms with Gasteiger partial charge in [-0.25, -0.2) is 9.37 Å². The lowest BCUT2D eigenvalue weighted by molar-refractivity contribution is 0.227. The van der Waals surface area contributed by atoms with Gasteiger partial charge in [0.2, 0.25) is 0 Å². The van der Waals surface area contributed by atoms with Gasteiger partial charge in [-0.2, -0.15) is 5.10 Å². The summed E-state index contributed by atoms with van der Waals surface area (Å²) in [4.78, 5) is 4.36. The molecule has 1 aromatic heterocycles. The summed E-state index contributed by atoms with van der Waals surface area (Å²) in [7, 11) is 1.68. The second-order valence-electron chi connectivity index (χ2n) is 8.39. The number of aromatic nitrogens is 1. The number of hydrogen-bond donors (Lipinski definition) is 5. The summed E-state index contributed by atoms with van der Waals surface area (Å²) >= 11 is 0. The molecule has 1 aromatic carbocycles. The predicted molar refractivity (Wildman–Crippen MR) is 129 cm³/mol. The van der Waals surface area contributed by atoms with Gasteiger partial charge in [-0.05, 0) is 56.0 Å². The minimum Gasteiger partial charge on any atom is -0.482 e. The van der Waals surface area contributed by atoms with E-state index >= 15 is 0 Å². The van der Waals surface area contributed by atoms with E-state index in [0.29, 0.717) is 35.1 Å². The van der Waals surface area contributed by atoms with E-state index in [2.05, 4.69) is 20.8 Å². The van der Waals surface area contributed by atoms with Crippen molar-refractivity contribution in [3.8, 4) is 5.75 Å². The van der Waals surface area contributed by atoms with Gasteiger partial charge in [-0.3, -0.25) is 5.41 Å². The van der Waals surface area contributed by atoms with E-state index in [4.69, 9.17) is 21.6 Å². The van der Waals surface area contributed by atoms with Crippen LogP contribution in [-0.4, -0.2) is 36.0 Å². The van der Waals surface area contributed by atoms with E-state index in [0.717, 1.165) is 29.7 Å². The van der Waals surface area contributed by atoms with Crippen LogP contribution >= 0.6 is 0 Å². The second-order valence-corrected chi connectivity index (χ2v) is 8.39. The number of halogens is 1. The van der Waals surface area contributed by atoms with E-state index in [9.17, 15) is 4.39 Å². The van der Waals surface area contributed by atoms with E-state index in [1.807, 2.05) is 6.07 Å². The SMILES string of the molecule is CN/N=C1/C/C(CN)=C(/NC2CCC2)c2cnc(N)c(c2)OC(C)c2cc(F)ccc2C1=N. The molecule has 1 aliphatic carbocycles. The first-order valence-electron chi connectivity index (χ1n) is 11.1. The van der Waals surface area contributed by atoms with Crippen molar-refractivity contribution in [2.24, 2.45) is 10.8 Å². The van der Waals surface area contributed by atoms with Crippen molar-refractivity contribution in [2.75, 3.05) is 19.3 Å². The van der Waals surface area contributed by atoms with Crippen molar-refractivity contribution >= 4 is 22.9 Å². The summed E-state index contributed by atoms with van der Waals surface area (Å²) in [6, 6.07) is 6.50. The number of fused-ring (bicyclic) bond motifs is 3. The van der Waals surface area contributed by atoms with Crippen LogP contribution in [0.5, 0.6) is 5.75 Å². The van der Waals surface area contributed by atoms with Crippen molar-refractivity contribution in [1.82, 2.24) is 15.7 Å². The molecular weight excluding hydrogens is 421 g/mol. The largest absolute Gasteiger partial charge is 0.482 e. The molecule has 1 fully saturated rings. The maximum Gasteiger partial charge on any atom is 0.166 e. The summed E-state index contributed by atoms with van der Waals surface area (Å²) < 4.78 is 20.3. The Labute approximate surface area is 192 Å². The average Bonchev–Trinajstić information content (AvgIpc) is 2.77. The molecular formula is C24H30FN7O. The molecule has 1 saturated carbocycles. The smallest absolute Gasteiger partial charge is 0.166 e. The zero-order chi connectivity index (χ0) is 23.5. The number of benzene rings is 1. The number of hydrogen-bond acceptors (Lipinski definition) is 8. The van der Waals surface area contributed by atoms with E-state index in [-0.39, 0.29) is 18.1 Å². The van der Waals surface area contributed by atoms with Crippen LogP contribution in [0.25, 0.3) is 5.70 Å². The fourth-order valence-corrected chi connectivity index (χ4v) is 4.12. The molecule has 4 rings (SSSR count). The first-order valence-corrected chi connectivity index (χ1v) is 11.1. The maximum absolute atomic E-state index is 14.2. The zero-order valence-corrected chi connectivity index (χ0v) is 18.9. The van der Waals surface area contributed by atoms with Gasteiger partial charge < -0.3 is 26.9 Å². The molecule has 1 aliphatic heterocycles. The van der Waals surface area contributed by atoms with Gasteiger partial charge in [-0.1, -0.05) is 0 Å². The Kier molecular flexibility index (Phi) is 6.60. The van der Waals surface area contributed by atoms with Crippen LogP contribution in [0.2, 0.25) is 0 Å². The van der Waals surface area contributed by atoms with E-state index in [1.54, 1.807) is 26.2 Å². The monoisotopic (exact) mass is 451 g/mol. The summed E-state index contributed by atoms with van der Waals surface area (Å²) in [6.45, 7) is 2.06. The summed E-state index contributed by atoms with van der Waals surface area (Å²) in [5.74, 6) is 0.228. The molecule has 0 saturated heterocycles. The average molecular weight is 452 g/mol. The van der Waals surface area contributed by atoms with Crippen molar-refractivity contribution in [1.29, 1.82) is 5.41 Å². The summed E-state index contributed by atoms with van der Waals surface area (Å²) in [5.41, 5.74) is 19.4. The number of nitrogens with one attached hydrogen (secondary N) is 3. The number of anilines is 1. The number of rotatable bonds is 4. The minimum atomic E-state index is -0.577. The fraction of sp³-hybridized carbons (Fsp3) is 0.375. The highest BCUT2D eigenvalue weighted by molar-refractivity contribution is 6.48. The van der Waals surface area contributed by atoms with Crippen LogP contribution in [-0.2, 0) is 0 Å². The summed E-state index contributed by atoms with van der Waals surface area (Å²) in [6.07, 6.45) is 4.80. The lowest BCUT2D eigenvalue weighted by Crippen LogP contribution is -2.35. The van der Waals surface area contributed by atoms with Crippen molar-refractivity contribution in [2.45, 2.75) is 44.8 Å². The Morgan fingerprint density at radius 1 is 1.30 bits per heavy atom. The minimum absolute atomic E-state index is 0.180. The Balaban J connectivity index is 1.93. The van der Waals surface area contributed by atoms with Gasteiger partial charge in [0.05, 0.1) is 11.4 Å². The first-order chi connectivity index (χ1) is 15.9. The molecule has 0 radical (unpaired) electrons. The van der Waals surface area contributed by atoms with Gasteiger partial charge in [-0.15, -0.1) is 0 Å². The van der Waals surface area contributed by atoms with Crippen molar-refractivity contribution < 1.29 is 9.13 Å². The summed E-state index contributed by atoms with van der Waals surface area (Å²) in [5, 5.41) is 16.9. The van der Waals surface area contributed by atoms with E-state index in [1.165, 1.54) is 18.6 Å². The quantitative estimate of drug-likeness (QED) is 0.454. The third-order valence-corrected chi connectivity index (χ3v) is 6.16. The van der Waals surface area contributed by atoms with Crippen molar-refractivity contribution in [3.63, 3.8) is 0 Å². The highest BCUT2D eigenvalue weighted by Gasteiger charge is 2.26. The topological polar surface area (TPSA) is 134 Å². The first kappa shape index (κ1) is 22.7. The Morgan fingerprint density at radius 2 is 2.09 bits per heavy atom. The van der Waals surface area contributed by atoms with Crippen LogP contribution < -0.4 is 26.9 Å². The van der Waals surface area contributed by atoms with Gasteiger partial charge in [0, 0.05) is 54.6 Å². The van der Waals surface area contributed by atoms with Crippen LogP contribution in [0.3, 0.4) is 0 Å². The van der Waals surface area contributed by atoms with Gasteiger partial charge in [0.1, 0.15) is 11.9 Å². The molecule has 1 unspecified atom stereocenters. The molecule has 174 valence electrons. The highest BCUT2D eigenvalue weighted by atomic mass is 19.1. The Hall–Kier alpha value is -3.46. The molecule has 2 bridgehead atoms. The molecule has 33 heavy (non-hydrogen) atoms. The Morgan fingerprint density at radius 3 is 2.76 bits per heavy atom. The molecule has 7 N–H and O–H groups in total. The molecule has 0 spiro atoms. The second kappa shape index (κ2) is 9.58. The van der Waals surface area contributed by atoms with E-state index < -0.39 is 11.9 Å². The van der Waals surface area contributed by atoms with Crippen LogP contribution in [0.15, 0.2) is 41.1 Å².